The van der Waals surface area contributed by atoms with Gasteiger partial charge in [0.05, 0.1) is 6.61 Å². The molecule has 3 N–H and O–H groups in total. The van der Waals surface area contributed by atoms with Gasteiger partial charge in [0, 0.05) is 36.1 Å². The van der Waals surface area contributed by atoms with Gasteiger partial charge >= 0.3 is 0 Å². The lowest BCUT2D eigenvalue weighted by Crippen LogP contribution is -2.43. The highest BCUT2D eigenvalue weighted by molar-refractivity contribution is 7.18. The molecule has 5 rings (SSSR count). The third kappa shape index (κ3) is 5.44. The molecule has 0 atom stereocenters. The van der Waals surface area contributed by atoms with E-state index in [1.807, 2.05) is 19.1 Å². The van der Waals surface area contributed by atoms with Crippen LogP contribution in [-0.2, 0) is 0 Å². The van der Waals surface area contributed by atoms with E-state index in [1.165, 1.54) is 55.8 Å². The first-order valence-electron chi connectivity index (χ1n) is 12.5. The molecule has 2 aromatic carbocycles. The van der Waals surface area contributed by atoms with E-state index in [4.69, 9.17) is 10.5 Å². The summed E-state index contributed by atoms with van der Waals surface area (Å²) in [7, 11) is 0. The fourth-order valence-electron chi connectivity index (χ4n) is 5.05. The maximum absolute atomic E-state index is 13.0. The molecule has 3 heterocycles. The molecule has 7 nitrogen and oxygen atoms in total. The third-order valence-corrected chi connectivity index (χ3v) is 7.86. The van der Waals surface area contributed by atoms with Crippen molar-refractivity contribution >= 4 is 39.4 Å². The molecule has 8 heteroatoms. The summed E-state index contributed by atoms with van der Waals surface area (Å²) in [5.74, 6) is 0.754. The molecule has 2 saturated heterocycles. The molecule has 2 aliphatic rings. The highest BCUT2D eigenvalue weighted by atomic mass is 32.1. The van der Waals surface area contributed by atoms with Crippen LogP contribution in [0.15, 0.2) is 48.5 Å². The van der Waals surface area contributed by atoms with Crippen molar-refractivity contribution in [3.05, 3.63) is 59.0 Å². The van der Waals surface area contributed by atoms with Gasteiger partial charge in [-0.1, -0.05) is 23.5 Å². The van der Waals surface area contributed by atoms with Crippen molar-refractivity contribution in [1.82, 2.24) is 9.88 Å². The second kappa shape index (κ2) is 10.7. The second-order valence-electron chi connectivity index (χ2n) is 9.16. The lowest BCUT2D eigenvalue weighted by molar-refractivity contribution is 0.104. The van der Waals surface area contributed by atoms with Crippen LogP contribution >= 0.6 is 11.3 Å². The van der Waals surface area contributed by atoms with E-state index in [-0.39, 0.29) is 11.6 Å². The Kier molecular flexibility index (Phi) is 7.20. The van der Waals surface area contributed by atoms with Crippen LogP contribution in [0.1, 0.15) is 47.8 Å². The number of hydrogen-bond acceptors (Lipinski definition) is 8. The molecule has 1 aromatic heterocycles. The summed E-state index contributed by atoms with van der Waals surface area (Å²) >= 11 is 1.27. The molecular weight excluding hydrogens is 458 g/mol. The Bertz CT molecular complexity index is 1150. The van der Waals surface area contributed by atoms with Crippen LogP contribution in [-0.4, -0.2) is 54.5 Å². The largest absolute Gasteiger partial charge is 0.494 e. The minimum absolute atomic E-state index is 0.151. The number of carbonyl (C=O) groups excluding carboxylic acids is 1. The SMILES string of the molecule is CCOc1cccc(C(=O)c2sc(Nc3ccc(N4CCC(N5CCCC5)CC4)cc3)nc2N)c1. The summed E-state index contributed by atoms with van der Waals surface area (Å²) in [5.41, 5.74) is 8.81. The molecule has 0 radical (unpaired) electrons. The summed E-state index contributed by atoms with van der Waals surface area (Å²) in [6.07, 6.45) is 5.19. The zero-order valence-corrected chi connectivity index (χ0v) is 21.0. The van der Waals surface area contributed by atoms with Crippen molar-refractivity contribution in [2.24, 2.45) is 0 Å². The number of ketones is 1. The number of thiazole rings is 1. The van der Waals surface area contributed by atoms with Gasteiger partial charge in [-0.25, -0.2) is 4.98 Å². The fraction of sp³-hybridized carbons (Fsp3) is 0.407. The Hall–Kier alpha value is -3.10. The van der Waals surface area contributed by atoms with Crippen LogP contribution in [0.4, 0.5) is 22.3 Å². The first-order valence-corrected chi connectivity index (χ1v) is 13.3. The number of nitrogens with one attached hydrogen (secondary N) is 1. The highest BCUT2D eigenvalue weighted by Gasteiger charge is 2.26. The number of rotatable bonds is 8. The fourth-order valence-corrected chi connectivity index (χ4v) is 5.91. The molecule has 3 aromatic rings. The average molecular weight is 492 g/mol. The number of ether oxygens (including phenoxy) is 1. The predicted molar refractivity (Wildman–Crippen MR) is 143 cm³/mol. The van der Waals surface area contributed by atoms with Gasteiger partial charge in [0.2, 0.25) is 5.78 Å². The van der Waals surface area contributed by atoms with E-state index in [2.05, 4.69) is 44.4 Å². The van der Waals surface area contributed by atoms with Crippen molar-refractivity contribution in [2.75, 3.05) is 48.7 Å². The number of carbonyl (C=O) groups is 1. The molecule has 0 spiro atoms. The van der Waals surface area contributed by atoms with E-state index in [9.17, 15) is 4.79 Å². The van der Waals surface area contributed by atoms with Gasteiger partial charge in [0.1, 0.15) is 16.4 Å². The zero-order chi connectivity index (χ0) is 24.2. The van der Waals surface area contributed by atoms with Crippen molar-refractivity contribution in [3.63, 3.8) is 0 Å². The summed E-state index contributed by atoms with van der Waals surface area (Å²) in [6.45, 7) is 7.22. The molecule has 0 bridgehead atoms. The predicted octanol–water partition coefficient (Wildman–Crippen LogP) is 5.16. The number of hydrogen-bond donors (Lipinski definition) is 2. The van der Waals surface area contributed by atoms with Crippen LogP contribution in [0.5, 0.6) is 5.75 Å². The van der Waals surface area contributed by atoms with Gasteiger partial charge in [-0.2, -0.15) is 0 Å². The molecule has 0 saturated carbocycles. The Labute approximate surface area is 210 Å². The van der Waals surface area contributed by atoms with Crippen LogP contribution in [0.3, 0.4) is 0 Å². The maximum Gasteiger partial charge on any atom is 0.206 e. The van der Waals surface area contributed by atoms with Gasteiger partial charge < -0.3 is 25.6 Å². The Morgan fingerprint density at radius 1 is 1.11 bits per heavy atom. The van der Waals surface area contributed by atoms with E-state index < -0.39 is 0 Å². The number of likely N-dealkylation sites (tertiary alicyclic amines) is 1. The Balaban J connectivity index is 1.21. The quantitative estimate of drug-likeness (QED) is 0.421. The Morgan fingerprint density at radius 2 is 1.86 bits per heavy atom. The zero-order valence-electron chi connectivity index (χ0n) is 20.2. The van der Waals surface area contributed by atoms with Crippen molar-refractivity contribution in [2.45, 2.75) is 38.6 Å². The van der Waals surface area contributed by atoms with E-state index in [0.29, 0.717) is 27.9 Å². The molecule has 0 amide bonds. The first-order chi connectivity index (χ1) is 17.1. The van der Waals surface area contributed by atoms with Gasteiger partial charge in [-0.05, 0) is 82.1 Å². The van der Waals surface area contributed by atoms with E-state index in [1.54, 1.807) is 12.1 Å². The molecule has 2 fully saturated rings. The minimum Gasteiger partial charge on any atom is -0.494 e. The third-order valence-electron chi connectivity index (χ3n) is 6.87. The number of aromatic nitrogens is 1. The molecule has 2 aliphatic heterocycles. The number of benzene rings is 2. The lowest BCUT2D eigenvalue weighted by Gasteiger charge is -2.37. The maximum atomic E-state index is 13.0. The normalized spacial score (nSPS) is 17.0. The number of nitrogens with zero attached hydrogens (tertiary/aromatic N) is 3. The first kappa shape index (κ1) is 23.6. The molecule has 35 heavy (non-hydrogen) atoms. The van der Waals surface area contributed by atoms with Gasteiger partial charge in [-0.15, -0.1) is 0 Å². The number of piperidine rings is 1. The lowest BCUT2D eigenvalue weighted by atomic mass is 10.0. The van der Waals surface area contributed by atoms with Gasteiger partial charge in [0.25, 0.3) is 0 Å². The standard InChI is InChI=1S/C27H33N5O2S/c1-2-34-23-7-5-6-19(18-23)24(33)25-26(28)30-27(35-25)29-20-8-10-21(11-9-20)32-16-12-22(13-17-32)31-14-3-4-15-31/h5-11,18,22H,2-4,12-17,28H2,1H3,(H,29,30). The Morgan fingerprint density at radius 3 is 2.57 bits per heavy atom. The molecule has 184 valence electrons. The van der Waals surface area contributed by atoms with Crippen molar-refractivity contribution < 1.29 is 9.53 Å². The number of anilines is 4. The smallest absolute Gasteiger partial charge is 0.206 e. The van der Waals surface area contributed by atoms with Gasteiger partial charge in [-0.3, -0.25) is 4.79 Å². The van der Waals surface area contributed by atoms with E-state index in [0.717, 1.165) is 24.8 Å². The molecular formula is C27H33N5O2S. The van der Waals surface area contributed by atoms with Crippen molar-refractivity contribution in [1.29, 1.82) is 0 Å². The monoisotopic (exact) mass is 491 g/mol. The minimum atomic E-state index is -0.151. The van der Waals surface area contributed by atoms with Crippen LogP contribution in [0.2, 0.25) is 0 Å². The van der Waals surface area contributed by atoms with Crippen LogP contribution < -0.4 is 20.7 Å². The second-order valence-corrected chi connectivity index (χ2v) is 10.2. The number of nitrogen functional groups attached to an aromatic ring is 1. The summed E-state index contributed by atoms with van der Waals surface area (Å²) in [4.78, 5) is 23.0. The van der Waals surface area contributed by atoms with Gasteiger partial charge in [0.15, 0.2) is 5.13 Å². The summed E-state index contributed by atoms with van der Waals surface area (Å²) in [5, 5.41) is 3.91. The molecule has 0 aliphatic carbocycles. The average Bonchev–Trinajstić information content (AvgIpc) is 3.55. The van der Waals surface area contributed by atoms with Crippen LogP contribution in [0.25, 0.3) is 0 Å². The molecule has 0 unspecified atom stereocenters. The summed E-state index contributed by atoms with van der Waals surface area (Å²) in [6, 6.07) is 16.3. The highest BCUT2D eigenvalue weighted by Crippen LogP contribution is 2.31. The topological polar surface area (TPSA) is 83.7 Å². The number of nitrogens with two attached hydrogens (primary N) is 1. The van der Waals surface area contributed by atoms with E-state index >= 15 is 0 Å². The van der Waals surface area contributed by atoms with Crippen LogP contribution in [0, 0.1) is 0 Å². The van der Waals surface area contributed by atoms with Crippen molar-refractivity contribution in [3.8, 4) is 5.75 Å². The summed E-state index contributed by atoms with van der Waals surface area (Å²) < 4.78 is 5.52.